The van der Waals surface area contributed by atoms with Crippen molar-refractivity contribution >= 4 is 26.0 Å². The van der Waals surface area contributed by atoms with E-state index in [9.17, 15) is 9.59 Å². The van der Waals surface area contributed by atoms with E-state index in [1.807, 2.05) is 18.2 Å². The zero-order valence-corrected chi connectivity index (χ0v) is 27.4. The number of carbonyl (C=O) groups excluding carboxylic acids is 1. The van der Waals surface area contributed by atoms with Crippen LogP contribution in [0.25, 0.3) is 0 Å². The number of pyridine rings is 1. The summed E-state index contributed by atoms with van der Waals surface area (Å²) in [5.41, 5.74) is 1.92. The van der Waals surface area contributed by atoms with E-state index in [-0.39, 0.29) is 69.6 Å². The number of carbonyl (C=O) groups is 2. The van der Waals surface area contributed by atoms with Crippen LogP contribution in [-0.2, 0) is 24.6 Å². The summed E-state index contributed by atoms with van der Waals surface area (Å²) in [5.74, 6) is 1.57. The van der Waals surface area contributed by atoms with Crippen molar-refractivity contribution in [1.29, 1.82) is 0 Å². The van der Waals surface area contributed by atoms with E-state index in [0.717, 1.165) is 17.3 Å². The summed E-state index contributed by atoms with van der Waals surface area (Å²) in [5, 5.41) is 19.7. The minimum atomic E-state index is -2.08. The van der Waals surface area contributed by atoms with Crippen LogP contribution in [0, 0.1) is 0 Å². The van der Waals surface area contributed by atoms with Crippen LogP contribution < -0.4 is 76.4 Å². The molecule has 0 spiro atoms. The second-order valence-electron chi connectivity index (χ2n) is 9.83. The molecule has 0 saturated carbocycles. The Morgan fingerprint density at radius 3 is 2.42 bits per heavy atom. The number of nitrogens with zero attached hydrogens (tertiary/aromatic N) is 4. The van der Waals surface area contributed by atoms with Crippen LogP contribution in [0.3, 0.4) is 0 Å². The van der Waals surface area contributed by atoms with Gasteiger partial charge in [0, 0.05) is 26.3 Å². The summed E-state index contributed by atoms with van der Waals surface area (Å²) in [6, 6.07) is 13.0. The van der Waals surface area contributed by atoms with Crippen LogP contribution in [0.2, 0.25) is 25.7 Å². The van der Waals surface area contributed by atoms with Gasteiger partial charge in [0.1, 0.15) is 24.8 Å². The van der Waals surface area contributed by atoms with Crippen LogP contribution in [0.1, 0.15) is 21.6 Å². The van der Waals surface area contributed by atoms with E-state index in [1.54, 1.807) is 36.4 Å². The molecular weight excluding hydrogens is 563 g/mol. The first-order valence-electron chi connectivity index (χ1n) is 12.1. The molecule has 0 fully saturated rings. The van der Waals surface area contributed by atoms with Gasteiger partial charge in [0.25, 0.3) is 11.5 Å². The van der Waals surface area contributed by atoms with Crippen molar-refractivity contribution in [2.45, 2.75) is 45.6 Å². The van der Waals surface area contributed by atoms with E-state index < -0.39 is 14.2 Å². The number of anilines is 1. The topological polar surface area (TPSA) is 156 Å². The molecule has 1 aromatic carbocycles. The van der Waals surface area contributed by atoms with E-state index >= 15 is 0 Å². The predicted molar refractivity (Wildman–Crippen MR) is 143 cm³/mol. The maximum atomic E-state index is 13.0. The fourth-order valence-corrected chi connectivity index (χ4v) is 4.31. The molecule has 3 heterocycles. The second kappa shape index (κ2) is 15.4. The molecule has 14 heteroatoms. The van der Waals surface area contributed by atoms with Crippen molar-refractivity contribution in [3.05, 3.63) is 75.8 Å². The van der Waals surface area contributed by atoms with Gasteiger partial charge in [0.2, 0.25) is 6.16 Å². The number of methoxy groups -OCH3 is 1. The normalized spacial score (nSPS) is 12.1. The van der Waals surface area contributed by atoms with Crippen molar-refractivity contribution in [1.82, 2.24) is 14.8 Å². The third-order valence-corrected chi connectivity index (χ3v) is 7.34. The average Bonchev–Trinajstić information content (AvgIpc) is 3.21. The van der Waals surface area contributed by atoms with E-state index in [0.29, 0.717) is 42.6 Å². The average molecular weight is 595 g/mol. The summed E-state index contributed by atoms with van der Waals surface area (Å²) in [7, 11) is 0.368. The number of hydrogen-bond donors (Lipinski definition) is 1. The van der Waals surface area contributed by atoms with Gasteiger partial charge in [-0.3, -0.25) is 19.5 Å². The van der Waals surface area contributed by atoms with E-state index in [2.05, 4.69) is 29.7 Å². The molecule has 0 saturated heterocycles. The van der Waals surface area contributed by atoms with Gasteiger partial charge in [-0.2, -0.15) is 0 Å². The van der Waals surface area contributed by atoms with Gasteiger partial charge in [0.15, 0.2) is 5.82 Å². The van der Waals surface area contributed by atoms with Gasteiger partial charge >= 0.3 is 51.4 Å². The number of ether oxygens (including phenoxy) is 3. The van der Waals surface area contributed by atoms with Gasteiger partial charge in [-0.15, -0.1) is 5.10 Å². The van der Waals surface area contributed by atoms with Crippen molar-refractivity contribution in [3.8, 4) is 11.5 Å². The largest absolute Gasteiger partial charge is 1.00 e. The van der Waals surface area contributed by atoms with Crippen molar-refractivity contribution < 1.29 is 85.4 Å². The third kappa shape index (κ3) is 10.1. The van der Waals surface area contributed by atoms with Crippen LogP contribution >= 0.6 is 0 Å². The predicted octanol–water partition coefficient (Wildman–Crippen LogP) is -0.410. The van der Waals surface area contributed by atoms with Crippen LogP contribution in [-0.4, -0.2) is 53.7 Å². The Hall–Kier alpha value is -2.60. The second-order valence-corrected chi connectivity index (χ2v) is 15.5. The molecule has 1 aliphatic rings. The zero-order valence-electron chi connectivity index (χ0n) is 23.2. The molecule has 0 radical (unpaired) electrons. The van der Waals surface area contributed by atoms with E-state index in [4.69, 9.17) is 29.2 Å². The number of aromatic nitrogens is 3. The zero-order chi connectivity index (χ0) is 28.6. The standard InChI is InChI=1S/C25H30N4O5Si.CH2O3.K/c1-32-21-6-5-19(26-14-21)16-34-20-7-8-22-18(13-20)15-28(25(22)31)23-9-10-24(30)29(27-23)17-33-11-12-35(2,3)4;2-1(3)4;/h5-10,13-14H,11-12,15-17H2,1-4H3;(H2,2,3,4);/q;;+1/p-1. The summed E-state index contributed by atoms with van der Waals surface area (Å²) < 4.78 is 17.9. The SMILES string of the molecule is COc1ccc(COc2ccc3c(c2)CN(c2ccc(=O)n(COCC[Si](C)(C)C)n2)C3=O)nc1.O=C([O-])O.[K+]. The molecule has 3 aromatic rings. The van der Waals surface area contributed by atoms with Gasteiger partial charge in [-0.25, -0.2) is 4.68 Å². The molecule has 0 aliphatic carbocycles. The van der Waals surface area contributed by atoms with Gasteiger partial charge in [0.05, 0.1) is 25.5 Å². The third-order valence-electron chi connectivity index (χ3n) is 5.64. The summed E-state index contributed by atoms with van der Waals surface area (Å²) in [4.78, 5) is 39.6. The molecule has 1 N–H and O–H groups in total. The molecule has 1 aliphatic heterocycles. The molecule has 40 heavy (non-hydrogen) atoms. The Kier molecular flexibility index (Phi) is 13.0. The van der Waals surface area contributed by atoms with Gasteiger partial charge in [-0.1, -0.05) is 19.6 Å². The smallest absolute Gasteiger partial charge is 0.565 e. The minimum Gasteiger partial charge on any atom is -0.565 e. The number of fused-ring (bicyclic) bond motifs is 1. The van der Waals surface area contributed by atoms with Crippen molar-refractivity contribution in [2.75, 3.05) is 18.6 Å². The van der Waals surface area contributed by atoms with Crippen molar-refractivity contribution in [2.24, 2.45) is 0 Å². The number of benzene rings is 1. The first-order valence-corrected chi connectivity index (χ1v) is 15.8. The quantitative estimate of drug-likeness (QED) is 0.242. The maximum absolute atomic E-state index is 13.0. The Morgan fingerprint density at radius 2 is 1.80 bits per heavy atom. The summed E-state index contributed by atoms with van der Waals surface area (Å²) >= 11 is 0. The summed E-state index contributed by atoms with van der Waals surface area (Å²) in [6.45, 7) is 8.08. The molecule has 0 unspecified atom stereocenters. The first-order chi connectivity index (χ1) is 18.5. The molecule has 0 bridgehead atoms. The monoisotopic (exact) mass is 594 g/mol. The fraction of sp³-hybridized carbons (Fsp3) is 0.346. The number of amides is 1. The molecule has 1 amide bonds. The Labute approximate surface area is 275 Å². The molecule has 208 valence electrons. The molecule has 12 nitrogen and oxygen atoms in total. The van der Waals surface area contributed by atoms with Crippen LogP contribution in [0.4, 0.5) is 10.6 Å². The number of hydrogen-bond acceptors (Lipinski definition) is 9. The van der Waals surface area contributed by atoms with Crippen LogP contribution in [0.15, 0.2) is 53.5 Å². The molecule has 0 atom stereocenters. The Morgan fingerprint density at radius 1 is 1.10 bits per heavy atom. The molecule has 4 rings (SSSR count). The minimum absolute atomic E-state index is 0. The fourth-order valence-electron chi connectivity index (χ4n) is 3.55. The number of carboxylic acid groups (broad SMARTS) is 2. The first kappa shape index (κ1) is 33.6. The molecular formula is C26H31KN4O8Si. The van der Waals surface area contributed by atoms with E-state index in [1.165, 1.54) is 10.7 Å². The van der Waals surface area contributed by atoms with Crippen molar-refractivity contribution in [3.63, 3.8) is 0 Å². The van der Waals surface area contributed by atoms with Gasteiger partial charge < -0.3 is 29.2 Å². The van der Waals surface area contributed by atoms with Crippen LogP contribution in [0.5, 0.6) is 11.5 Å². The van der Waals surface area contributed by atoms with Gasteiger partial charge in [-0.05, 0) is 48.0 Å². The Balaban J connectivity index is 0.00000105. The number of rotatable bonds is 10. The molecule has 2 aromatic heterocycles. The summed E-state index contributed by atoms with van der Waals surface area (Å²) in [6.07, 6.45) is -0.443. The Bertz CT molecular complexity index is 1360. The maximum Gasteiger partial charge on any atom is 1.00 e.